The van der Waals surface area contributed by atoms with E-state index in [-0.39, 0.29) is 18.0 Å². The van der Waals surface area contributed by atoms with Crippen molar-refractivity contribution < 1.29 is 9.59 Å². The second-order valence-electron chi connectivity index (χ2n) is 5.15. The molecule has 22 heavy (non-hydrogen) atoms. The molecule has 0 atom stereocenters. The van der Waals surface area contributed by atoms with Gasteiger partial charge in [-0.2, -0.15) is 0 Å². The van der Waals surface area contributed by atoms with E-state index in [4.69, 9.17) is 0 Å². The van der Waals surface area contributed by atoms with Gasteiger partial charge in [-0.05, 0) is 44.2 Å². The molecule has 2 aromatic rings. The molecule has 114 valence electrons. The highest BCUT2D eigenvalue weighted by atomic mass is 16.2. The standard InChI is InChI=1S/C17H19N3O2/c1-12(2)18-16(21)13-7-6-10-15(11-13)20-17(22)19-14-8-4-3-5-9-14/h3-12H,1-2H3,(H,18,21)(H2,19,20,22). The maximum absolute atomic E-state index is 11.9. The fraction of sp³-hybridized carbons (Fsp3) is 0.176. The average Bonchev–Trinajstić information content (AvgIpc) is 2.47. The van der Waals surface area contributed by atoms with Gasteiger partial charge in [0.2, 0.25) is 0 Å². The number of para-hydroxylation sites is 1. The lowest BCUT2D eigenvalue weighted by Crippen LogP contribution is -2.30. The smallest absolute Gasteiger partial charge is 0.323 e. The van der Waals surface area contributed by atoms with Gasteiger partial charge in [0.05, 0.1) is 0 Å². The fourth-order valence-electron chi connectivity index (χ4n) is 1.90. The zero-order valence-electron chi connectivity index (χ0n) is 12.6. The van der Waals surface area contributed by atoms with Gasteiger partial charge in [-0.25, -0.2) is 4.79 Å². The van der Waals surface area contributed by atoms with Crippen LogP contribution in [0.4, 0.5) is 16.2 Å². The van der Waals surface area contributed by atoms with Crippen LogP contribution in [0.15, 0.2) is 54.6 Å². The molecule has 0 heterocycles. The van der Waals surface area contributed by atoms with E-state index in [0.717, 1.165) is 0 Å². The summed E-state index contributed by atoms with van der Waals surface area (Å²) in [4.78, 5) is 23.9. The van der Waals surface area contributed by atoms with Crippen molar-refractivity contribution in [3.05, 3.63) is 60.2 Å². The minimum atomic E-state index is -0.354. The first-order valence-corrected chi connectivity index (χ1v) is 7.08. The number of amides is 3. The minimum absolute atomic E-state index is 0.0606. The Morgan fingerprint density at radius 3 is 2.18 bits per heavy atom. The summed E-state index contributed by atoms with van der Waals surface area (Å²) in [5.41, 5.74) is 1.77. The zero-order chi connectivity index (χ0) is 15.9. The Hall–Kier alpha value is -2.82. The van der Waals surface area contributed by atoms with Gasteiger partial charge in [-0.1, -0.05) is 24.3 Å². The molecule has 2 rings (SSSR count). The van der Waals surface area contributed by atoms with E-state index < -0.39 is 0 Å². The summed E-state index contributed by atoms with van der Waals surface area (Å²) in [5, 5.41) is 8.24. The largest absolute Gasteiger partial charge is 0.350 e. The van der Waals surface area contributed by atoms with E-state index in [1.807, 2.05) is 32.0 Å². The molecule has 5 heteroatoms. The van der Waals surface area contributed by atoms with Gasteiger partial charge in [0.1, 0.15) is 0 Å². The van der Waals surface area contributed by atoms with Gasteiger partial charge < -0.3 is 16.0 Å². The number of hydrogen-bond acceptors (Lipinski definition) is 2. The van der Waals surface area contributed by atoms with Crippen molar-refractivity contribution in [1.29, 1.82) is 0 Å². The second kappa shape index (κ2) is 7.26. The van der Waals surface area contributed by atoms with Crippen molar-refractivity contribution in [1.82, 2.24) is 5.32 Å². The third kappa shape index (κ3) is 4.63. The number of carbonyl (C=O) groups is 2. The molecule has 0 saturated heterocycles. The van der Waals surface area contributed by atoms with Gasteiger partial charge in [0.15, 0.2) is 0 Å². The summed E-state index contributed by atoms with van der Waals surface area (Å²) in [7, 11) is 0. The Balaban J connectivity index is 2.01. The lowest BCUT2D eigenvalue weighted by atomic mass is 10.2. The number of rotatable bonds is 4. The van der Waals surface area contributed by atoms with E-state index in [1.165, 1.54) is 0 Å². The average molecular weight is 297 g/mol. The van der Waals surface area contributed by atoms with E-state index in [2.05, 4.69) is 16.0 Å². The van der Waals surface area contributed by atoms with Crippen molar-refractivity contribution in [3.8, 4) is 0 Å². The van der Waals surface area contributed by atoms with Crippen LogP contribution in [-0.4, -0.2) is 18.0 Å². The molecular formula is C17H19N3O2. The summed E-state index contributed by atoms with van der Waals surface area (Å²) < 4.78 is 0. The molecular weight excluding hydrogens is 278 g/mol. The monoisotopic (exact) mass is 297 g/mol. The van der Waals surface area contributed by atoms with Gasteiger partial charge in [-0.15, -0.1) is 0 Å². The van der Waals surface area contributed by atoms with Crippen LogP contribution >= 0.6 is 0 Å². The molecule has 0 aliphatic heterocycles. The third-order valence-electron chi connectivity index (χ3n) is 2.83. The first kappa shape index (κ1) is 15.6. The predicted octanol–water partition coefficient (Wildman–Crippen LogP) is 3.47. The SMILES string of the molecule is CC(C)NC(=O)c1cccc(NC(=O)Nc2ccccc2)c1. The number of benzene rings is 2. The highest BCUT2D eigenvalue weighted by Gasteiger charge is 2.08. The van der Waals surface area contributed by atoms with Crippen molar-refractivity contribution >= 4 is 23.3 Å². The Labute approximate surface area is 129 Å². The maximum atomic E-state index is 11.9. The Morgan fingerprint density at radius 2 is 1.50 bits per heavy atom. The van der Waals surface area contributed by atoms with Gasteiger partial charge in [0.25, 0.3) is 5.91 Å². The molecule has 3 N–H and O–H groups in total. The molecule has 0 aliphatic rings. The second-order valence-corrected chi connectivity index (χ2v) is 5.15. The highest BCUT2D eigenvalue weighted by Crippen LogP contribution is 2.12. The van der Waals surface area contributed by atoms with Gasteiger partial charge in [-0.3, -0.25) is 4.79 Å². The molecule has 0 aromatic heterocycles. The molecule has 0 saturated carbocycles. The quantitative estimate of drug-likeness (QED) is 0.808. The molecule has 5 nitrogen and oxygen atoms in total. The normalized spacial score (nSPS) is 10.1. The molecule has 0 fully saturated rings. The first-order valence-electron chi connectivity index (χ1n) is 7.08. The number of anilines is 2. The Kier molecular flexibility index (Phi) is 5.14. The van der Waals surface area contributed by atoms with Crippen molar-refractivity contribution in [2.75, 3.05) is 10.6 Å². The number of carbonyl (C=O) groups excluding carboxylic acids is 2. The fourth-order valence-corrected chi connectivity index (χ4v) is 1.90. The summed E-state index contributed by atoms with van der Waals surface area (Å²) in [5.74, 6) is -0.165. The molecule has 0 radical (unpaired) electrons. The molecule has 2 aromatic carbocycles. The Bertz CT molecular complexity index is 654. The van der Waals surface area contributed by atoms with Crippen LogP contribution in [0.5, 0.6) is 0 Å². The van der Waals surface area contributed by atoms with Crippen LogP contribution in [0.3, 0.4) is 0 Å². The summed E-state index contributed by atoms with van der Waals surface area (Å²) in [6.45, 7) is 3.79. The number of hydrogen-bond donors (Lipinski definition) is 3. The van der Waals surface area contributed by atoms with Crippen molar-refractivity contribution in [2.24, 2.45) is 0 Å². The van der Waals surface area contributed by atoms with Gasteiger partial charge in [0, 0.05) is 23.0 Å². The Morgan fingerprint density at radius 1 is 0.864 bits per heavy atom. The van der Waals surface area contributed by atoms with E-state index in [0.29, 0.717) is 16.9 Å². The summed E-state index contributed by atoms with van der Waals surface area (Å²) in [6, 6.07) is 15.7. The highest BCUT2D eigenvalue weighted by molar-refractivity contribution is 6.01. The van der Waals surface area contributed by atoms with Crippen LogP contribution in [0.2, 0.25) is 0 Å². The topological polar surface area (TPSA) is 70.2 Å². The van der Waals surface area contributed by atoms with Crippen LogP contribution in [0.25, 0.3) is 0 Å². The van der Waals surface area contributed by atoms with E-state index >= 15 is 0 Å². The van der Waals surface area contributed by atoms with Crippen LogP contribution < -0.4 is 16.0 Å². The van der Waals surface area contributed by atoms with Crippen LogP contribution in [0.1, 0.15) is 24.2 Å². The number of nitrogens with one attached hydrogen (secondary N) is 3. The van der Waals surface area contributed by atoms with Crippen molar-refractivity contribution in [3.63, 3.8) is 0 Å². The molecule has 3 amide bonds. The zero-order valence-corrected chi connectivity index (χ0v) is 12.6. The van der Waals surface area contributed by atoms with E-state index in [1.54, 1.807) is 36.4 Å². The van der Waals surface area contributed by atoms with Crippen molar-refractivity contribution in [2.45, 2.75) is 19.9 Å². The van der Waals surface area contributed by atoms with Gasteiger partial charge >= 0.3 is 6.03 Å². The summed E-state index contributed by atoms with van der Waals surface area (Å²) in [6.07, 6.45) is 0. The summed E-state index contributed by atoms with van der Waals surface area (Å²) >= 11 is 0. The molecule has 0 bridgehead atoms. The predicted molar refractivity (Wildman–Crippen MR) is 88.1 cm³/mol. The minimum Gasteiger partial charge on any atom is -0.350 e. The first-order chi connectivity index (χ1) is 10.5. The molecule has 0 spiro atoms. The molecule has 0 aliphatic carbocycles. The van der Waals surface area contributed by atoms with E-state index in [9.17, 15) is 9.59 Å². The third-order valence-corrected chi connectivity index (χ3v) is 2.83. The lowest BCUT2D eigenvalue weighted by Gasteiger charge is -2.11. The van der Waals surface area contributed by atoms with Crippen LogP contribution in [0, 0.1) is 0 Å². The maximum Gasteiger partial charge on any atom is 0.323 e. The number of urea groups is 1. The molecule has 0 unspecified atom stereocenters. The van der Waals surface area contributed by atoms with Crippen LogP contribution in [-0.2, 0) is 0 Å². The lowest BCUT2D eigenvalue weighted by molar-refractivity contribution is 0.0943.